The molecule has 5 nitrogen and oxygen atoms in total. The van der Waals surface area contributed by atoms with Gasteiger partial charge in [-0.15, -0.1) is 11.3 Å². The average Bonchev–Trinajstić information content (AvgIpc) is 2.92. The molecule has 16 heavy (non-hydrogen) atoms. The van der Waals surface area contributed by atoms with Gasteiger partial charge in [0.15, 0.2) is 0 Å². The number of rotatable bonds is 3. The van der Waals surface area contributed by atoms with Crippen LogP contribution in [0.5, 0.6) is 0 Å². The van der Waals surface area contributed by atoms with Gasteiger partial charge in [0.1, 0.15) is 0 Å². The highest BCUT2D eigenvalue weighted by Crippen LogP contribution is 2.31. The summed E-state index contributed by atoms with van der Waals surface area (Å²) in [7, 11) is 0. The first-order valence-electron chi connectivity index (χ1n) is 5.00. The summed E-state index contributed by atoms with van der Waals surface area (Å²) in [6, 6.07) is 0.267. The summed E-state index contributed by atoms with van der Waals surface area (Å²) in [6.45, 7) is 1.69. The molecule has 1 heterocycles. The molecular formula is C10H13N3O2S. The minimum Gasteiger partial charge on any atom is -0.390 e. The highest BCUT2D eigenvalue weighted by molar-refractivity contribution is 7.18. The molecule has 5 N–H and O–H groups in total. The summed E-state index contributed by atoms with van der Waals surface area (Å²) in [4.78, 5) is 23.3. The molecule has 1 aromatic rings. The number of carbonyl (C=O) groups excluding carboxylic acids is 2. The van der Waals surface area contributed by atoms with Gasteiger partial charge in [0, 0.05) is 6.04 Å². The van der Waals surface area contributed by atoms with Gasteiger partial charge in [-0.25, -0.2) is 0 Å². The second-order valence-corrected chi connectivity index (χ2v) is 4.96. The third kappa shape index (κ3) is 1.88. The quantitative estimate of drug-likeness (QED) is 0.721. The third-order valence-electron chi connectivity index (χ3n) is 2.54. The molecule has 0 saturated heterocycles. The van der Waals surface area contributed by atoms with Gasteiger partial charge in [-0.1, -0.05) is 0 Å². The normalized spacial score (nSPS) is 14.8. The molecule has 2 rings (SSSR count). The molecule has 1 saturated carbocycles. The molecule has 1 aliphatic carbocycles. The summed E-state index contributed by atoms with van der Waals surface area (Å²) in [6.07, 6.45) is 2.02. The number of hydrogen-bond acceptors (Lipinski definition) is 4. The Morgan fingerprint density at radius 2 is 2.06 bits per heavy atom. The van der Waals surface area contributed by atoms with Gasteiger partial charge in [0.25, 0.3) is 11.8 Å². The number of nitrogen functional groups attached to an aromatic ring is 1. The molecule has 6 heteroatoms. The Balaban J connectivity index is 2.31. The van der Waals surface area contributed by atoms with Crippen molar-refractivity contribution in [2.24, 2.45) is 5.73 Å². The van der Waals surface area contributed by atoms with Crippen molar-refractivity contribution in [1.82, 2.24) is 5.32 Å². The summed E-state index contributed by atoms with van der Waals surface area (Å²) in [5.74, 6) is -0.749. The molecule has 1 aromatic heterocycles. The molecule has 86 valence electrons. The second-order valence-electron chi connectivity index (χ2n) is 3.91. The van der Waals surface area contributed by atoms with Crippen molar-refractivity contribution in [3.8, 4) is 0 Å². The second kappa shape index (κ2) is 3.79. The van der Waals surface area contributed by atoms with E-state index in [1.807, 2.05) is 0 Å². The van der Waals surface area contributed by atoms with Crippen LogP contribution < -0.4 is 16.8 Å². The van der Waals surface area contributed by atoms with Crippen molar-refractivity contribution in [2.45, 2.75) is 25.8 Å². The van der Waals surface area contributed by atoms with Crippen molar-refractivity contribution in [1.29, 1.82) is 0 Å². The Bertz CT molecular complexity index is 463. The molecule has 1 fully saturated rings. The maximum atomic E-state index is 11.8. The lowest BCUT2D eigenvalue weighted by molar-refractivity contribution is 0.0951. The van der Waals surface area contributed by atoms with Gasteiger partial charge in [-0.05, 0) is 25.3 Å². The summed E-state index contributed by atoms with van der Waals surface area (Å²) in [5, 5.41) is 3.19. The van der Waals surface area contributed by atoms with Crippen LogP contribution in [-0.4, -0.2) is 17.9 Å². The van der Waals surface area contributed by atoms with Crippen LogP contribution in [0.2, 0.25) is 0 Å². The molecule has 0 spiro atoms. The van der Waals surface area contributed by atoms with Crippen molar-refractivity contribution < 1.29 is 9.59 Å². The van der Waals surface area contributed by atoms with Crippen LogP contribution in [0, 0.1) is 6.92 Å². The lowest BCUT2D eigenvalue weighted by Crippen LogP contribution is -2.26. The first-order chi connectivity index (χ1) is 7.50. The lowest BCUT2D eigenvalue weighted by atomic mass is 10.1. The van der Waals surface area contributed by atoms with E-state index in [1.54, 1.807) is 6.92 Å². The van der Waals surface area contributed by atoms with Crippen molar-refractivity contribution in [3.05, 3.63) is 16.0 Å². The minimum atomic E-state index is -0.542. The molecular weight excluding hydrogens is 226 g/mol. The number of thiophene rings is 1. The highest BCUT2D eigenvalue weighted by atomic mass is 32.1. The minimum absolute atomic E-state index is 0.207. The maximum Gasteiger partial charge on any atom is 0.259 e. The van der Waals surface area contributed by atoms with E-state index in [2.05, 4.69) is 5.32 Å². The topological polar surface area (TPSA) is 98.2 Å². The van der Waals surface area contributed by atoms with E-state index >= 15 is 0 Å². The zero-order valence-electron chi connectivity index (χ0n) is 8.87. The van der Waals surface area contributed by atoms with Gasteiger partial charge in [0.2, 0.25) is 0 Å². The number of nitrogens with two attached hydrogens (primary N) is 2. The van der Waals surface area contributed by atoms with Gasteiger partial charge >= 0.3 is 0 Å². The van der Waals surface area contributed by atoms with Crippen LogP contribution in [0.25, 0.3) is 0 Å². The monoisotopic (exact) mass is 239 g/mol. The van der Waals surface area contributed by atoms with Crippen LogP contribution >= 0.6 is 11.3 Å². The van der Waals surface area contributed by atoms with Gasteiger partial charge < -0.3 is 16.8 Å². The van der Waals surface area contributed by atoms with E-state index in [9.17, 15) is 9.59 Å². The number of amides is 2. The third-order valence-corrected chi connectivity index (χ3v) is 3.67. The standard InChI is InChI=1S/C10H13N3O2S/c1-4-6(10(15)13-5-2-3-5)9(12)16-7(4)8(11)14/h5H,2-3,12H2,1H3,(H2,11,14)(H,13,15). The lowest BCUT2D eigenvalue weighted by Gasteiger charge is -2.03. The molecule has 2 amide bonds. The average molecular weight is 239 g/mol. The zero-order chi connectivity index (χ0) is 11.9. The van der Waals surface area contributed by atoms with Crippen LogP contribution in [0.15, 0.2) is 0 Å². The van der Waals surface area contributed by atoms with Gasteiger partial charge in [-0.2, -0.15) is 0 Å². The van der Waals surface area contributed by atoms with E-state index in [4.69, 9.17) is 11.5 Å². The fourth-order valence-corrected chi connectivity index (χ4v) is 2.46. The van der Waals surface area contributed by atoms with Crippen LogP contribution in [0.3, 0.4) is 0 Å². The number of nitrogens with one attached hydrogen (secondary N) is 1. The van der Waals surface area contributed by atoms with E-state index in [0.29, 0.717) is 21.0 Å². The summed E-state index contributed by atoms with van der Waals surface area (Å²) < 4.78 is 0. The molecule has 0 aromatic carbocycles. The van der Waals surface area contributed by atoms with E-state index in [0.717, 1.165) is 24.2 Å². The summed E-state index contributed by atoms with van der Waals surface area (Å²) >= 11 is 1.07. The van der Waals surface area contributed by atoms with Crippen LogP contribution in [0.4, 0.5) is 5.00 Å². The Labute approximate surface area is 96.8 Å². The molecule has 0 unspecified atom stereocenters. The zero-order valence-corrected chi connectivity index (χ0v) is 9.69. The van der Waals surface area contributed by atoms with Gasteiger partial charge in [-0.3, -0.25) is 9.59 Å². The first kappa shape index (κ1) is 10.9. The fourth-order valence-electron chi connectivity index (χ4n) is 1.54. The van der Waals surface area contributed by atoms with Crippen LogP contribution in [-0.2, 0) is 0 Å². The summed E-state index contributed by atoms with van der Waals surface area (Å²) in [5.41, 5.74) is 11.9. The van der Waals surface area contributed by atoms with Crippen molar-refractivity contribution in [3.63, 3.8) is 0 Å². The number of carbonyl (C=O) groups is 2. The number of primary amides is 1. The number of hydrogen-bond donors (Lipinski definition) is 3. The van der Waals surface area contributed by atoms with E-state index in [-0.39, 0.29) is 11.9 Å². The van der Waals surface area contributed by atoms with E-state index in [1.165, 1.54) is 0 Å². The fraction of sp³-hybridized carbons (Fsp3) is 0.400. The molecule has 0 radical (unpaired) electrons. The molecule has 0 aliphatic heterocycles. The Morgan fingerprint density at radius 3 is 2.50 bits per heavy atom. The Kier molecular flexibility index (Phi) is 2.59. The largest absolute Gasteiger partial charge is 0.390 e. The predicted octanol–water partition coefficient (Wildman–Crippen LogP) is 0.630. The first-order valence-corrected chi connectivity index (χ1v) is 5.82. The predicted molar refractivity (Wildman–Crippen MR) is 62.5 cm³/mol. The van der Waals surface area contributed by atoms with Gasteiger partial charge in [0.05, 0.1) is 15.4 Å². The Hall–Kier alpha value is -1.56. The smallest absolute Gasteiger partial charge is 0.259 e. The van der Waals surface area contributed by atoms with Crippen LogP contribution in [0.1, 0.15) is 38.4 Å². The maximum absolute atomic E-state index is 11.8. The molecule has 0 bridgehead atoms. The molecule has 1 aliphatic rings. The highest BCUT2D eigenvalue weighted by Gasteiger charge is 2.27. The van der Waals surface area contributed by atoms with Crippen molar-refractivity contribution >= 4 is 28.2 Å². The number of anilines is 1. The van der Waals surface area contributed by atoms with E-state index < -0.39 is 5.91 Å². The van der Waals surface area contributed by atoms with Crippen molar-refractivity contribution in [2.75, 3.05) is 5.73 Å². The SMILES string of the molecule is Cc1c(C(N)=O)sc(N)c1C(=O)NC1CC1. The Morgan fingerprint density at radius 1 is 1.44 bits per heavy atom. The molecule has 0 atom stereocenters.